The maximum atomic E-state index is 10.5. The number of carbonyl (C=O) groups is 1. The van der Waals surface area contributed by atoms with Crippen molar-refractivity contribution in [1.29, 1.82) is 0 Å². The molecule has 1 N–H and O–H groups in total. The molecule has 1 aliphatic rings. The second kappa shape index (κ2) is 4.21. The lowest BCUT2D eigenvalue weighted by Gasteiger charge is -2.34. The lowest BCUT2D eigenvalue weighted by molar-refractivity contribution is -0.118. The number of phenolic OH excluding ortho intramolecular Hbond substituents is 1. The Morgan fingerprint density at radius 1 is 1.20 bits per heavy atom. The Morgan fingerprint density at radius 2 is 1.93 bits per heavy atom. The number of carbonyl (C=O) groups excluding carboxylic acids is 1. The van der Waals surface area contributed by atoms with E-state index in [9.17, 15) is 9.90 Å². The fourth-order valence-electron chi connectivity index (χ4n) is 1.78. The Balaban J connectivity index is 2.04. The molecule has 0 aliphatic carbocycles. The maximum Gasteiger partial charge on any atom is 0.209 e. The zero-order valence-electron chi connectivity index (χ0n) is 8.47. The second-order valence-electron chi connectivity index (χ2n) is 3.65. The number of amides is 1. The summed E-state index contributed by atoms with van der Waals surface area (Å²) in [6, 6.07) is 7.20. The van der Waals surface area contributed by atoms with Crippen molar-refractivity contribution in [3.8, 4) is 5.75 Å². The molecule has 0 unspecified atom stereocenters. The fourth-order valence-corrected chi connectivity index (χ4v) is 1.78. The highest BCUT2D eigenvalue weighted by Crippen LogP contribution is 2.20. The summed E-state index contributed by atoms with van der Waals surface area (Å²) >= 11 is 0. The van der Waals surface area contributed by atoms with Gasteiger partial charge >= 0.3 is 0 Å². The van der Waals surface area contributed by atoms with Crippen molar-refractivity contribution < 1.29 is 9.90 Å². The van der Waals surface area contributed by atoms with Crippen LogP contribution < -0.4 is 4.90 Å². The van der Waals surface area contributed by atoms with E-state index in [0.29, 0.717) is 0 Å². The van der Waals surface area contributed by atoms with Gasteiger partial charge in [-0.3, -0.25) is 4.79 Å². The van der Waals surface area contributed by atoms with Crippen LogP contribution in [0.2, 0.25) is 0 Å². The Bertz CT molecular complexity index is 346. The van der Waals surface area contributed by atoms with Crippen LogP contribution in [0.3, 0.4) is 0 Å². The molecule has 1 heterocycles. The highest BCUT2D eigenvalue weighted by molar-refractivity contribution is 5.53. The first kappa shape index (κ1) is 9.83. The first-order valence-electron chi connectivity index (χ1n) is 5.03. The van der Waals surface area contributed by atoms with Gasteiger partial charge < -0.3 is 14.9 Å². The van der Waals surface area contributed by atoms with Gasteiger partial charge in [0.05, 0.1) is 0 Å². The predicted octanol–water partition coefficient (Wildman–Crippen LogP) is 0.671. The van der Waals surface area contributed by atoms with Crippen molar-refractivity contribution in [2.75, 3.05) is 31.1 Å². The summed E-state index contributed by atoms with van der Waals surface area (Å²) in [5.41, 5.74) is 1.01. The Kier molecular flexibility index (Phi) is 2.76. The molecule has 1 aliphatic heterocycles. The monoisotopic (exact) mass is 206 g/mol. The Labute approximate surface area is 88.7 Å². The van der Waals surface area contributed by atoms with Crippen LogP contribution in [0.25, 0.3) is 0 Å². The molecule has 1 amide bonds. The summed E-state index contributed by atoms with van der Waals surface area (Å²) in [5, 5.41) is 9.35. The van der Waals surface area contributed by atoms with Gasteiger partial charge in [0.2, 0.25) is 6.41 Å². The Morgan fingerprint density at radius 3 is 2.53 bits per heavy atom. The van der Waals surface area contributed by atoms with Gasteiger partial charge in [0.1, 0.15) is 5.75 Å². The summed E-state index contributed by atoms with van der Waals surface area (Å²) < 4.78 is 0. The van der Waals surface area contributed by atoms with E-state index in [1.165, 1.54) is 0 Å². The zero-order valence-corrected chi connectivity index (χ0v) is 8.47. The van der Waals surface area contributed by atoms with Gasteiger partial charge in [-0.05, 0) is 12.1 Å². The van der Waals surface area contributed by atoms with Gasteiger partial charge in [-0.25, -0.2) is 0 Å². The molecular weight excluding hydrogens is 192 g/mol. The van der Waals surface area contributed by atoms with Crippen LogP contribution in [0.15, 0.2) is 24.3 Å². The molecular formula is C11H14N2O2. The Hall–Kier alpha value is -1.71. The number of piperazine rings is 1. The molecule has 4 heteroatoms. The summed E-state index contributed by atoms with van der Waals surface area (Å²) in [5.74, 6) is 0.283. The van der Waals surface area contributed by atoms with E-state index >= 15 is 0 Å². The minimum Gasteiger partial charge on any atom is -0.508 e. The van der Waals surface area contributed by atoms with Crippen LogP contribution in [0, 0.1) is 0 Å². The average Bonchev–Trinajstić information content (AvgIpc) is 2.29. The molecule has 15 heavy (non-hydrogen) atoms. The number of aromatic hydroxyl groups is 1. The van der Waals surface area contributed by atoms with Gasteiger partial charge in [-0.15, -0.1) is 0 Å². The third-order valence-corrected chi connectivity index (χ3v) is 2.66. The van der Waals surface area contributed by atoms with Gasteiger partial charge in [0, 0.05) is 37.9 Å². The number of nitrogens with zero attached hydrogens (tertiary/aromatic N) is 2. The van der Waals surface area contributed by atoms with Crippen molar-refractivity contribution >= 4 is 12.1 Å². The number of rotatable bonds is 2. The number of hydrogen-bond acceptors (Lipinski definition) is 3. The smallest absolute Gasteiger partial charge is 0.209 e. The van der Waals surface area contributed by atoms with Crippen molar-refractivity contribution in [2.24, 2.45) is 0 Å². The van der Waals surface area contributed by atoms with Gasteiger partial charge in [0.15, 0.2) is 0 Å². The van der Waals surface area contributed by atoms with Crippen molar-refractivity contribution in [3.05, 3.63) is 24.3 Å². The molecule has 0 atom stereocenters. The average molecular weight is 206 g/mol. The van der Waals surface area contributed by atoms with E-state index in [-0.39, 0.29) is 5.75 Å². The highest BCUT2D eigenvalue weighted by atomic mass is 16.3. The number of benzene rings is 1. The number of phenols is 1. The molecule has 4 nitrogen and oxygen atoms in total. The van der Waals surface area contributed by atoms with E-state index in [1.54, 1.807) is 17.0 Å². The van der Waals surface area contributed by atoms with Crippen LogP contribution >= 0.6 is 0 Å². The number of anilines is 1. The molecule has 1 aromatic rings. The standard InChI is InChI=1S/C11H14N2O2/c14-9-12-4-6-13(7-5-12)10-2-1-3-11(15)8-10/h1-3,8-9,15H,4-7H2. The molecule has 0 spiro atoms. The lowest BCUT2D eigenvalue weighted by Crippen LogP contribution is -2.45. The molecule has 1 fully saturated rings. The lowest BCUT2D eigenvalue weighted by atomic mass is 10.2. The first-order valence-corrected chi connectivity index (χ1v) is 5.03. The largest absolute Gasteiger partial charge is 0.508 e. The van der Waals surface area contributed by atoms with E-state index in [0.717, 1.165) is 38.3 Å². The fraction of sp³-hybridized carbons (Fsp3) is 0.364. The third kappa shape index (κ3) is 2.21. The van der Waals surface area contributed by atoms with E-state index in [2.05, 4.69) is 4.90 Å². The molecule has 0 bridgehead atoms. The molecule has 1 aromatic carbocycles. The van der Waals surface area contributed by atoms with Crippen LogP contribution in [0.1, 0.15) is 0 Å². The van der Waals surface area contributed by atoms with Crippen LogP contribution in [-0.2, 0) is 4.79 Å². The second-order valence-corrected chi connectivity index (χ2v) is 3.65. The van der Waals surface area contributed by atoms with Crippen LogP contribution in [0.5, 0.6) is 5.75 Å². The summed E-state index contributed by atoms with van der Waals surface area (Å²) in [6.45, 7) is 3.14. The van der Waals surface area contributed by atoms with Crippen molar-refractivity contribution in [3.63, 3.8) is 0 Å². The third-order valence-electron chi connectivity index (χ3n) is 2.66. The summed E-state index contributed by atoms with van der Waals surface area (Å²) in [4.78, 5) is 14.5. The number of hydrogen-bond donors (Lipinski definition) is 1. The van der Waals surface area contributed by atoms with E-state index in [1.807, 2.05) is 12.1 Å². The quantitative estimate of drug-likeness (QED) is 0.723. The molecule has 0 saturated carbocycles. The summed E-state index contributed by atoms with van der Waals surface area (Å²) in [6.07, 6.45) is 0.889. The normalized spacial score (nSPS) is 16.5. The maximum absolute atomic E-state index is 10.5. The predicted molar refractivity (Wildman–Crippen MR) is 58.0 cm³/mol. The molecule has 0 aromatic heterocycles. The van der Waals surface area contributed by atoms with Crippen molar-refractivity contribution in [2.45, 2.75) is 0 Å². The van der Waals surface area contributed by atoms with Gasteiger partial charge in [-0.1, -0.05) is 6.07 Å². The molecule has 2 rings (SSSR count). The van der Waals surface area contributed by atoms with Crippen molar-refractivity contribution in [1.82, 2.24) is 4.90 Å². The zero-order chi connectivity index (χ0) is 10.7. The van der Waals surface area contributed by atoms with E-state index < -0.39 is 0 Å². The minimum absolute atomic E-state index is 0.283. The highest BCUT2D eigenvalue weighted by Gasteiger charge is 2.15. The molecule has 1 saturated heterocycles. The van der Waals surface area contributed by atoms with Gasteiger partial charge in [0.25, 0.3) is 0 Å². The SMILES string of the molecule is O=CN1CCN(c2cccc(O)c2)CC1. The first-order chi connectivity index (χ1) is 7.29. The molecule has 80 valence electrons. The van der Waals surface area contributed by atoms with E-state index in [4.69, 9.17) is 0 Å². The van der Waals surface area contributed by atoms with Crippen LogP contribution in [-0.4, -0.2) is 42.6 Å². The summed E-state index contributed by atoms with van der Waals surface area (Å²) in [7, 11) is 0. The molecule has 0 radical (unpaired) electrons. The van der Waals surface area contributed by atoms with Crippen LogP contribution in [0.4, 0.5) is 5.69 Å². The minimum atomic E-state index is 0.283. The van der Waals surface area contributed by atoms with Gasteiger partial charge in [-0.2, -0.15) is 0 Å². The topological polar surface area (TPSA) is 43.8 Å².